The molecule has 0 bridgehead atoms. The van der Waals surface area contributed by atoms with Gasteiger partial charge in [-0.05, 0) is 42.0 Å². The molecule has 0 aliphatic carbocycles. The van der Waals surface area contributed by atoms with Gasteiger partial charge in [0.25, 0.3) is 0 Å². The Kier molecular flexibility index (Phi) is 7.53. The van der Waals surface area contributed by atoms with E-state index in [9.17, 15) is 4.39 Å². The standard InChI is InChI=1S/C22H19Cl3FNO3/c1-28-20-6-5-16(9-19(20)25)27-11-14-7-21(29-2)22(10-18(14)24)30-12-13-3-4-15(26)8-17(13)23/h3-10,27H,11-12H2,1-2H3. The SMILES string of the molecule is COc1ccc(NCc2cc(OC)c(OCc3ccc(F)cc3Cl)cc2Cl)cc1Cl. The Morgan fingerprint density at radius 2 is 1.50 bits per heavy atom. The third-order valence-electron chi connectivity index (χ3n) is 4.37. The van der Waals surface area contributed by atoms with Gasteiger partial charge in [0.05, 0.1) is 24.3 Å². The second-order valence-electron chi connectivity index (χ2n) is 6.32. The summed E-state index contributed by atoms with van der Waals surface area (Å²) in [4.78, 5) is 0. The van der Waals surface area contributed by atoms with Crippen molar-refractivity contribution in [3.63, 3.8) is 0 Å². The number of anilines is 1. The van der Waals surface area contributed by atoms with Crippen LogP contribution >= 0.6 is 34.8 Å². The number of halogens is 4. The Hall–Kier alpha value is -2.34. The fraction of sp³-hybridized carbons (Fsp3) is 0.182. The average Bonchev–Trinajstić information content (AvgIpc) is 2.72. The van der Waals surface area contributed by atoms with Crippen molar-refractivity contribution in [3.05, 3.63) is 80.5 Å². The highest BCUT2D eigenvalue weighted by molar-refractivity contribution is 6.32. The van der Waals surface area contributed by atoms with Crippen LogP contribution in [0.5, 0.6) is 17.2 Å². The van der Waals surface area contributed by atoms with Gasteiger partial charge in [-0.1, -0.05) is 40.9 Å². The van der Waals surface area contributed by atoms with Crippen LogP contribution in [0, 0.1) is 5.82 Å². The Bertz CT molecular complexity index is 1050. The fourth-order valence-corrected chi connectivity index (χ4v) is 3.45. The van der Waals surface area contributed by atoms with E-state index >= 15 is 0 Å². The maximum absolute atomic E-state index is 13.2. The lowest BCUT2D eigenvalue weighted by atomic mass is 10.2. The normalized spacial score (nSPS) is 10.6. The first-order valence-corrected chi connectivity index (χ1v) is 10.0. The number of ether oxygens (including phenoxy) is 3. The molecular weight excluding hydrogens is 452 g/mol. The number of hydrogen-bond donors (Lipinski definition) is 1. The van der Waals surface area contributed by atoms with Gasteiger partial charge in [-0.15, -0.1) is 0 Å². The molecule has 0 saturated heterocycles. The summed E-state index contributed by atoms with van der Waals surface area (Å²) in [6.45, 7) is 0.593. The fourth-order valence-electron chi connectivity index (χ4n) is 2.75. The van der Waals surface area contributed by atoms with E-state index in [4.69, 9.17) is 49.0 Å². The maximum atomic E-state index is 13.2. The average molecular weight is 471 g/mol. The minimum Gasteiger partial charge on any atom is -0.495 e. The molecule has 30 heavy (non-hydrogen) atoms. The molecule has 158 valence electrons. The molecule has 0 atom stereocenters. The molecule has 0 aliphatic heterocycles. The lowest BCUT2D eigenvalue weighted by Gasteiger charge is -2.15. The van der Waals surface area contributed by atoms with Gasteiger partial charge in [-0.25, -0.2) is 4.39 Å². The van der Waals surface area contributed by atoms with Gasteiger partial charge in [0.1, 0.15) is 18.2 Å². The van der Waals surface area contributed by atoms with Gasteiger partial charge in [0, 0.05) is 28.9 Å². The molecular formula is C22H19Cl3FNO3. The van der Waals surface area contributed by atoms with Gasteiger partial charge < -0.3 is 19.5 Å². The molecule has 8 heteroatoms. The van der Waals surface area contributed by atoms with E-state index in [1.807, 2.05) is 6.07 Å². The third-order valence-corrected chi connectivity index (χ3v) is 5.36. The zero-order valence-electron chi connectivity index (χ0n) is 16.3. The lowest BCUT2D eigenvalue weighted by molar-refractivity contribution is 0.284. The third kappa shape index (κ3) is 5.42. The summed E-state index contributed by atoms with van der Waals surface area (Å²) in [5.74, 6) is 1.17. The van der Waals surface area contributed by atoms with E-state index in [1.54, 1.807) is 44.6 Å². The van der Waals surface area contributed by atoms with Gasteiger partial charge >= 0.3 is 0 Å². The molecule has 0 spiro atoms. The second-order valence-corrected chi connectivity index (χ2v) is 7.54. The van der Waals surface area contributed by atoms with Crippen LogP contribution in [0.3, 0.4) is 0 Å². The zero-order chi connectivity index (χ0) is 21.7. The first kappa shape index (κ1) is 22.3. The maximum Gasteiger partial charge on any atom is 0.163 e. The van der Waals surface area contributed by atoms with Crippen molar-refractivity contribution in [1.29, 1.82) is 0 Å². The van der Waals surface area contributed by atoms with E-state index in [0.717, 1.165) is 11.3 Å². The summed E-state index contributed by atoms with van der Waals surface area (Å²) >= 11 is 18.7. The van der Waals surface area contributed by atoms with Crippen molar-refractivity contribution in [1.82, 2.24) is 0 Å². The molecule has 0 fully saturated rings. The molecule has 3 rings (SSSR count). The number of methoxy groups -OCH3 is 2. The molecule has 0 aliphatic rings. The predicted molar refractivity (Wildman–Crippen MR) is 119 cm³/mol. The van der Waals surface area contributed by atoms with Crippen LogP contribution in [-0.2, 0) is 13.2 Å². The van der Waals surface area contributed by atoms with E-state index in [0.29, 0.717) is 44.4 Å². The summed E-state index contributed by atoms with van der Waals surface area (Å²) in [6, 6.07) is 13.0. The van der Waals surface area contributed by atoms with Crippen molar-refractivity contribution >= 4 is 40.5 Å². The smallest absolute Gasteiger partial charge is 0.163 e. The minimum absolute atomic E-state index is 0.147. The van der Waals surface area contributed by atoms with Crippen LogP contribution < -0.4 is 19.5 Å². The quantitative estimate of drug-likeness (QED) is 0.385. The molecule has 0 unspecified atom stereocenters. The number of hydrogen-bond acceptors (Lipinski definition) is 4. The molecule has 1 N–H and O–H groups in total. The Balaban J connectivity index is 1.72. The van der Waals surface area contributed by atoms with E-state index in [1.165, 1.54) is 12.1 Å². The topological polar surface area (TPSA) is 39.7 Å². The minimum atomic E-state index is -0.403. The van der Waals surface area contributed by atoms with Gasteiger partial charge in [0.2, 0.25) is 0 Å². The van der Waals surface area contributed by atoms with Crippen molar-refractivity contribution < 1.29 is 18.6 Å². The molecule has 3 aromatic rings. The molecule has 0 amide bonds. The molecule has 0 aromatic heterocycles. The summed E-state index contributed by atoms with van der Waals surface area (Å²) < 4.78 is 29.6. The van der Waals surface area contributed by atoms with Gasteiger partial charge in [-0.2, -0.15) is 0 Å². The highest BCUT2D eigenvalue weighted by Gasteiger charge is 2.12. The van der Waals surface area contributed by atoms with Crippen molar-refractivity contribution in [2.24, 2.45) is 0 Å². The summed E-state index contributed by atoms with van der Waals surface area (Å²) in [5, 5.41) is 4.56. The van der Waals surface area contributed by atoms with Crippen LogP contribution in [-0.4, -0.2) is 14.2 Å². The Morgan fingerprint density at radius 1 is 0.767 bits per heavy atom. The van der Waals surface area contributed by atoms with Crippen LogP contribution in [0.1, 0.15) is 11.1 Å². The Labute approximate surface area is 189 Å². The molecule has 0 radical (unpaired) electrons. The molecule has 0 heterocycles. The van der Waals surface area contributed by atoms with Crippen LogP contribution in [0.2, 0.25) is 15.1 Å². The van der Waals surface area contributed by atoms with Crippen molar-refractivity contribution in [2.75, 3.05) is 19.5 Å². The van der Waals surface area contributed by atoms with E-state index in [-0.39, 0.29) is 6.61 Å². The second kappa shape index (κ2) is 10.1. The van der Waals surface area contributed by atoms with Crippen molar-refractivity contribution in [3.8, 4) is 17.2 Å². The van der Waals surface area contributed by atoms with Gasteiger partial charge in [0.15, 0.2) is 11.5 Å². The molecule has 4 nitrogen and oxygen atoms in total. The summed E-state index contributed by atoms with van der Waals surface area (Å²) in [6.07, 6.45) is 0. The number of rotatable bonds is 8. The summed E-state index contributed by atoms with van der Waals surface area (Å²) in [7, 11) is 3.11. The predicted octanol–water partition coefficient (Wildman–Crippen LogP) is 6.99. The highest BCUT2D eigenvalue weighted by Crippen LogP contribution is 2.35. The van der Waals surface area contributed by atoms with Crippen molar-refractivity contribution in [2.45, 2.75) is 13.2 Å². The van der Waals surface area contributed by atoms with E-state index in [2.05, 4.69) is 5.32 Å². The molecule has 3 aromatic carbocycles. The Morgan fingerprint density at radius 3 is 2.17 bits per heavy atom. The summed E-state index contributed by atoms with van der Waals surface area (Å²) in [5.41, 5.74) is 2.29. The molecule has 0 saturated carbocycles. The first-order valence-electron chi connectivity index (χ1n) is 8.91. The number of benzene rings is 3. The van der Waals surface area contributed by atoms with Gasteiger partial charge in [-0.3, -0.25) is 0 Å². The monoisotopic (exact) mass is 469 g/mol. The van der Waals surface area contributed by atoms with E-state index < -0.39 is 5.82 Å². The largest absolute Gasteiger partial charge is 0.495 e. The zero-order valence-corrected chi connectivity index (χ0v) is 18.5. The van der Waals surface area contributed by atoms with Crippen LogP contribution in [0.15, 0.2) is 48.5 Å². The van der Waals surface area contributed by atoms with Crippen LogP contribution in [0.4, 0.5) is 10.1 Å². The number of nitrogens with one attached hydrogen (secondary N) is 1. The first-order chi connectivity index (χ1) is 14.4. The lowest BCUT2D eigenvalue weighted by Crippen LogP contribution is -2.03. The highest BCUT2D eigenvalue weighted by atomic mass is 35.5. The van der Waals surface area contributed by atoms with Crippen LogP contribution in [0.25, 0.3) is 0 Å².